The number of ether oxygens (including phenoxy) is 1. The molecule has 4 heteroatoms. The van der Waals surface area contributed by atoms with E-state index < -0.39 is 0 Å². The maximum Gasteiger partial charge on any atom is 0.233 e. The molecular formula is C7H16N2O2. The molecule has 0 aromatic carbocycles. The van der Waals surface area contributed by atoms with Gasteiger partial charge in [0, 0.05) is 19.8 Å². The van der Waals surface area contributed by atoms with E-state index >= 15 is 0 Å². The first-order valence-corrected chi connectivity index (χ1v) is 3.69. The summed E-state index contributed by atoms with van der Waals surface area (Å²) in [5, 5.41) is 2.72. The Morgan fingerprint density at radius 1 is 1.73 bits per heavy atom. The largest absolute Gasteiger partial charge is 0.385 e. The molecule has 0 rings (SSSR count). The number of methoxy groups -OCH3 is 1. The number of amides is 1. The number of nitrogens with two attached hydrogens (primary N) is 1. The molecule has 66 valence electrons. The predicted octanol–water partition coefficient (Wildman–Crippen LogP) is -0.514. The second kappa shape index (κ2) is 6.12. The average molecular weight is 160 g/mol. The summed E-state index contributed by atoms with van der Waals surface area (Å²) in [5.74, 6) is -0.117. The molecule has 0 saturated heterocycles. The first-order valence-electron chi connectivity index (χ1n) is 3.69. The molecule has 0 heterocycles. The van der Waals surface area contributed by atoms with E-state index in [1.54, 1.807) is 7.11 Å². The molecule has 0 saturated carbocycles. The molecular weight excluding hydrogens is 144 g/mol. The molecule has 0 fully saturated rings. The third kappa shape index (κ3) is 5.82. The standard InChI is InChI=1S/C7H16N2O2/c1-6(3-4-11-2)9-7(10)5-8/h6H,3-5,8H2,1-2H3,(H,9,10). The number of hydrogen-bond donors (Lipinski definition) is 2. The van der Waals surface area contributed by atoms with Crippen LogP contribution in [0.2, 0.25) is 0 Å². The van der Waals surface area contributed by atoms with Gasteiger partial charge in [0.2, 0.25) is 5.91 Å². The normalized spacial score (nSPS) is 12.6. The Balaban J connectivity index is 3.35. The van der Waals surface area contributed by atoms with Crippen molar-refractivity contribution in [3.8, 4) is 0 Å². The van der Waals surface area contributed by atoms with Gasteiger partial charge >= 0.3 is 0 Å². The van der Waals surface area contributed by atoms with E-state index in [0.717, 1.165) is 6.42 Å². The van der Waals surface area contributed by atoms with E-state index in [2.05, 4.69) is 5.32 Å². The maximum absolute atomic E-state index is 10.7. The molecule has 0 aliphatic heterocycles. The molecule has 0 aromatic rings. The van der Waals surface area contributed by atoms with Gasteiger partial charge in [-0.15, -0.1) is 0 Å². The lowest BCUT2D eigenvalue weighted by Gasteiger charge is -2.11. The Morgan fingerprint density at radius 3 is 2.82 bits per heavy atom. The van der Waals surface area contributed by atoms with Gasteiger partial charge in [0.1, 0.15) is 0 Å². The van der Waals surface area contributed by atoms with E-state index in [9.17, 15) is 4.79 Å². The van der Waals surface area contributed by atoms with Crippen LogP contribution in [-0.4, -0.2) is 32.2 Å². The van der Waals surface area contributed by atoms with E-state index in [4.69, 9.17) is 10.5 Å². The van der Waals surface area contributed by atoms with Crippen molar-refractivity contribution in [3.05, 3.63) is 0 Å². The van der Waals surface area contributed by atoms with Crippen LogP contribution in [0.25, 0.3) is 0 Å². The van der Waals surface area contributed by atoms with E-state index in [-0.39, 0.29) is 18.5 Å². The maximum atomic E-state index is 10.7. The van der Waals surface area contributed by atoms with Crippen LogP contribution in [0.1, 0.15) is 13.3 Å². The van der Waals surface area contributed by atoms with Crippen molar-refractivity contribution in [2.75, 3.05) is 20.3 Å². The number of carbonyl (C=O) groups is 1. The highest BCUT2D eigenvalue weighted by Gasteiger charge is 2.03. The SMILES string of the molecule is COCCC(C)NC(=O)CN. The Labute approximate surface area is 67.1 Å². The van der Waals surface area contributed by atoms with Crippen LogP contribution in [0.5, 0.6) is 0 Å². The van der Waals surface area contributed by atoms with E-state index in [1.165, 1.54) is 0 Å². The monoisotopic (exact) mass is 160 g/mol. The summed E-state index contributed by atoms with van der Waals surface area (Å²) in [4.78, 5) is 10.7. The van der Waals surface area contributed by atoms with E-state index in [0.29, 0.717) is 6.61 Å². The van der Waals surface area contributed by atoms with Gasteiger partial charge in [0.05, 0.1) is 6.54 Å². The van der Waals surface area contributed by atoms with Crippen LogP contribution in [0.15, 0.2) is 0 Å². The van der Waals surface area contributed by atoms with Gasteiger partial charge in [-0.3, -0.25) is 4.79 Å². The summed E-state index contributed by atoms with van der Waals surface area (Å²) in [7, 11) is 1.64. The summed E-state index contributed by atoms with van der Waals surface area (Å²) >= 11 is 0. The third-order valence-electron chi connectivity index (χ3n) is 1.35. The third-order valence-corrected chi connectivity index (χ3v) is 1.35. The average Bonchev–Trinajstić information content (AvgIpc) is 2.00. The van der Waals surface area contributed by atoms with Crippen LogP contribution >= 0.6 is 0 Å². The Bertz CT molecular complexity index is 117. The number of hydrogen-bond acceptors (Lipinski definition) is 3. The van der Waals surface area contributed by atoms with Crippen LogP contribution in [0, 0.1) is 0 Å². The fourth-order valence-electron chi connectivity index (χ4n) is 0.701. The van der Waals surface area contributed by atoms with Crippen molar-refractivity contribution < 1.29 is 9.53 Å². The minimum Gasteiger partial charge on any atom is -0.385 e. The first kappa shape index (κ1) is 10.4. The summed E-state index contributed by atoms with van der Waals surface area (Å²) < 4.78 is 4.85. The molecule has 0 aliphatic rings. The van der Waals surface area contributed by atoms with Crippen LogP contribution in [0.4, 0.5) is 0 Å². The minimum absolute atomic E-state index is 0.0529. The molecule has 1 amide bonds. The Hall–Kier alpha value is -0.610. The van der Waals surface area contributed by atoms with Crippen molar-refractivity contribution in [3.63, 3.8) is 0 Å². The van der Waals surface area contributed by atoms with Gasteiger partial charge in [-0.05, 0) is 13.3 Å². The van der Waals surface area contributed by atoms with Gasteiger partial charge in [0.25, 0.3) is 0 Å². The van der Waals surface area contributed by atoms with Crippen LogP contribution < -0.4 is 11.1 Å². The van der Waals surface area contributed by atoms with Crippen molar-refractivity contribution >= 4 is 5.91 Å². The lowest BCUT2D eigenvalue weighted by Crippen LogP contribution is -2.37. The second-order valence-corrected chi connectivity index (χ2v) is 2.45. The molecule has 3 N–H and O–H groups in total. The molecule has 0 radical (unpaired) electrons. The number of carbonyl (C=O) groups excluding carboxylic acids is 1. The molecule has 11 heavy (non-hydrogen) atoms. The zero-order valence-corrected chi connectivity index (χ0v) is 7.09. The number of nitrogens with one attached hydrogen (secondary N) is 1. The van der Waals surface area contributed by atoms with Crippen molar-refractivity contribution in [2.24, 2.45) is 5.73 Å². The fourth-order valence-corrected chi connectivity index (χ4v) is 0.701. The zero-order chi connectivity index (χ0) is 8.69. The van der Waals surface area contributed by atoms with Crippen LogP contribution in [-0.2, 0) is 9.53 Å². The zero-order valence-electron chi connectivity index (χ0n) is 7.09. The van der Waals surface area contributed by atoms with Gasteiger partial charge in [-0.25, -0.2) is 0 Å². The summed E-state index contributed by atoms with van der Waals surface area (Å²) in [6.07, 6.45) is 0.822. The van der Waals surface area contributed by atoms with E-state index in [1.807, 2.05) is 6.92 Å². The fraction of sp³-hybridized carbons (Fsp3) is 0.857. The van der Waals surface area contributed by atoms with Gasteiger partial charge in [-0.2, -0.15) is 0 Å². The number of rotatable bonds is 5. The summed E-state index contributed by atoms with van der Waals surface area (Å²) in [6.45, 7) is 2.63. The lowest BCUT2D eigenvalue weighted by molar-refractivity contribution is -0.120. The Morgan fingerprint density at radius 2 is 2.36 bits per heavy atom. The predicted molar refractivity (Wildman–Crippen MR) is 43.2 cm³/mol. The minimum atomic E-state index is -0.117. The Kier molecular flexibility index (Phi) is 5.78. The van der Waals surface area contributed by atoms with Crippen molar-refractivity contribution in [1.29, 1.82) is 0 Å². The molecule has 1 unspecified atom stereocenters. The van der Waals surface area contributed by atoms with Gasteiger partial charge in [0.15, 0.2) is 0 Å². The molecule has 4 nitrogen and oxygen atoms in total. The molecule has 1 atom stereocenters. The molecule has 0 bridgehead atoms. The topological polar surface area (TPSA) is 64.3 Å². The summed E-state index contributed by atoms with van der Waals surface area (Å²) in [5.41, 5.74) is 5.11. The molecule has 0 aliphatic carbocycles. The summed E-state index contributed by atoms with van der Waals surface area (Å²) in [6, 6.07) is 0.144. The lowest BCUT2D eigenvalue weighted by atomic mass is 10.2. The highest BCUT2D eigenvalue weighted by atomic mass is 16.5. The van der Waals surface area contributed by atoms with Gasteiger partial charge in [-0.1, -0.05) is 0 Å². The van der Waals surface area contributed by atoms with Crippen LogP contribution in [0.3, 0.4) is 0 Å². The van der Waals surface area contributed by atoms with Crippen molar-refractivity contribution in [1.82, 2.24) is 5.32 Å². The smallest absolute Gasteiger partial charge is 0.233 e. The van der Waals surface area contributed by atoms with Gasteiger partial charge < -0.3 is 15.8 Å². The first-order chi connectivity index (χ1) is 5.20. The molecule has 0 aromatic heterocycles. The quantitative estimate of drug-likeness (QED) is 0.569. The highest BCUT2D eigenvalue weighted by Crippen LogP contribution is 1.89. The highest BCUT2D eigenvalue weighted by molar-refractivity contribution is 5.77. The molecule has 0 spiro atoms. The second-order valence-electron chi connectivity index (χ2n) is 2.45. The van der Waals surface area contributed by atoms with Crippen molar-refractivity contribution in [2.45, 2.75) is 19.4 Å².